The van der Waals surface area contributed by atoms with Gasteiger partial charge in [0.05, 0.1) is 28.8 Å². The van der Waals surface area contributed by atoms with Gasteiger partial charge in [-0.2, -0.15) is 13.2 Å². The number of benzene rings is 2. The molecule has 0 aliphatic heterocycles. The number of rotatable bonds is 5. The van der Waals surface area contributed by atoms with Crippen LogP contribution in [0, 0.1) is 12.7 Å². The lowest BCUT2D eigenvalue weighted by molar-refractivity contribution is -0.139. The topological polar surface area (TPSA) is 58.1 Å². The number of carbonyl (C=O) groups excluding carboxylic acids is 1. The summed E-state index contributed by atoms with van der Waals surface area (Å²) in [5.74, 6) is -2.29. The van der Waals surface area contributed by atoms with E-state index in [1.54, 1.807) is 42.2 Å². The van der Waals surface area contributed by atoms with Crippen LogP contribution < -0.4 is 10.2 Å². The molecule has 10 heteroatoms. The van der Waals surface area contributed by atoms with Crippen molar-refractivity contribution in [3.05, 3.63) is 95.0 Å². The molecule has 4 aromatic rings. The number of aromatic nitrogens is 2. The monoisotopic (exact) mass is 472 g/mol. The van der Waals surface area contributed by atoms with E-state index in [4.69, 9.17) is 0 Å². The molecule has 2 aromatic carbocycles. The Balaban J connectivity index is 1.71. The predicted molar refractivity (Wildman–Crippen MR) is 119 cm³/mol. The lowest BCUT2D eigenvalue weighted by Gasteiger charge is -2.24. The number of halogens is 4. The summed E-state index contributed by atoms with van der Waals surface area (Å²) in [5.41, 5.74) is 0.276. The molecule has 0 unspecified atom stereocenters. The van der Waals surface area contributed by atoms with Crippen LogP contribution >= 0.6 is 11.3 Å². The van der Waals surface area contributed by atoms with Crippen molar-refractivity contribution >= 4 is 39.4 Å². The van der Waals surface area contributed by atoms with Gasteiger partial charge in [0.2, 0.25) is 0 Å². The first-order valence-electron chi connectivity index (χ1n) is 9.63. The van der Waals surface area contributed by atoms with E-state index in [9.17, 15) is 22.4 Å². The lowest BCUT2D eigenvalue weighted by atomic mass is 10.1. The summed E-state index contributed by atoms with van der Waals surface area (Å²) in [4.78, 5) is 23.1. The highest BCUT2D eigenvalue weighted by Crippen LogP contribution is 2.38. The van der Waals surface area contributed by atoms with Crippen molar-refractivity contribution in [3.63, 3.8) is 0 Å². The second-order valence-corrected chi connectivity index (χ2v) is 7.85. The average Bonchev–Trinajstić information content (AvgIpc) is 3.31. The van der Waals surface area contributed by atoms with Crippen molar-refractivity contribution in [1.29, 1.82) is 0 Å². The molecule has 1 amide bonds. The van der Waals surface area contributed by atoms with Gasteiger partial charge in [0.25, 0.3) is 5.91 Å². The molecule has 0 spiro atoms. The van der Waals surface area contributed by atoms with Gasteiger partial charge in [0.15, 0.2) is 10.9 Å². The third-order valence-electron chi connectivity index (χ3n) is 4.78. The maximum absolute atomic E-state index is 14.4. The van der Waals surface area contributed by atoms with Gasteiger partial charge in [-0.25, -0.2) is 9.37 Å². The molecule has 0 radical (unpaired) electrons. The molecule has 0 aliphatic rings. The first-order valence-corrected chi connectivity index (χ1v) is 10.5. The number of thiazole rings is 1. The number of aryl methyl sites for hydroxylation is 1. The van der Waals surface area contributed by atoms with Gasteiger partial charge in [-0.05, 0) is 48.9 Å². The first kappa shape index (κ1) is 22.4. The third-order valence-corrected chi connectivity index (χ3v) is 5.54. The zero-order valence-corrected chi connectivity index (χ0v) is 17.9. The minimum atomic E-state index is -4.88. The summed E-state index contributed by atoms with van der Waals surface area (Å²) in [5, 5.41) is 4.68. The van der Waals surface area contributed by atoms with Crippen molar-refractivity contribution < 1.29 is 22.4 Å². The highest BCUT2D eigenvalue weighted by atomic mass is 32.1. The van der Waals surface area contributed by atoms with Crippen molar-refractivity contribution in [1.82, 2.24) is 9.97 Å². The number of anilines is 4. The maximum Gasteiger partial charge on any atom is 0.419 e. The fourth-order valence-electron chi connectivity index (χ4n) is 3.20. The van der Waals surface area contributed by atoms with Crippen LogP contribution in [0.25, 0.3) is 0 Å². The van der Waals surface area contributed by atoms with E-state index in [0.717, 1.165) is 17.7 Å². The summed E-state index contributed by atoms with van der Waals surface area (Å²) >= 11 is 1.38. The molecule has 5 nitrogen and oxygen atoms in total. The molecule has 2 aromatic heterocycles. The number of alkyl halides is 3. The SMILES string of the molecule is Cc1ccc(C(=O)Nc2cccc(C(F)(F)F)c2F)cc1N(c1cccnc1)c1nccs1. The number of pyridine rings is 1. The molecule has 0 fully saturated rings. The number of nitrogens with zero attached hydrogens (tertiary/aromatic N) is 3. The van der Waals surface area contributed by atoms with E-state index in [1.165, 1.54) is 17.4 Å². The number of carbonyl (C=O) groups is 1. The van der Waals surface area contributed by atoms with Gasteiger partial charge in [-0.3, -0.25) is 14.7 Å². The van der Waals surface area contributed by atoms with Crippen molar-refractivity contribution in [2.45, 2.75) is 13.1 Å². The molecule has 0 atom stereocenters. The normalized spacial score (nSPS) is 11.3. The Labute approximate surface area is 190 Å². The summed E-state index contributed by atoms with van der Waals surface area (Å²) in [6, 6.07) is 11.1. The fraction of sp³-hybridized carbons (Fsp3) is 0.0870. The minimum Gasteiger partial charge on any atom is -0.319 e. The van der Waals surface area contributed by atoms with E-state index < -0.39 is 29.2 Å². The third kappa shape index (κ3) is 4.70. The van der Waals surface area contributed by atoms with Gasteiger partial charge in [0, 0.05) is 23.3 Å². The molecule has 1 N–H and O–H groups in total. The highest BCUT2D eigenvalue weighted by molar-refractivity contribution is 7.13. The summed E-state index contributed by atoms with van der Waals surface area (Å²) in [7, 11) is 0. The van der Waals surface area contributed by atoms with Gasteiger partial charge < -0.3 is 5.32 Å². The van der Waals surface area contributed by atoms with Crippen LogP contribution in [-0.2, 0) is 6.18 Å². The Morgan fingerprint density at radius 3 is 2.58 bits per heavy atom. The van der Waals surface area contributed by atoms with Crippen molar-refractivity contribution in [3.8, 4) is 0 Å². The summed E-state index contributed by atoms with van der Waals surface area (Å²) in [6.45, 7) is 1.85. The molecule has 168 valence electrons. The first-order chi connectivity index (χ1) is 15.8. The van der Waals surface area contributed by atoms with Gasteiger partial charge in [-0.1, -0.05) is 12.1 Å². The lowest BCUT2D eigenvalue weighted by Crippen LogP contribution is -2.17. The Morgan fingerprint density at radius 2 is 1.91 bits per heavy atom. The smallest absolute Gasteiger partial charge is 0.319 e. The molecule has 4 rings (SSSR count). The van der Waals surface area contributed by atoms with Crippen LogP contribution in [-0.4, -0.2) is 15.9 Å². The van der Waals surface area contributed by atoms with Crippen molar-refractivity contribution in [2.75, 3.05) is 10.2 Å². The Bertz CT molecular complexity index is 1280. The Morgan fingerprint density at radius 1 is 1.09 bits per heavy atom. The Kier molecular flexibility index (Phi) is 6.10. The largest absolute Gasteiger partial charge is 0.419 e. The summed E-state index contributed by atoms with van der Waals surface area (Å²) < 4.78 is 53.4. The molecule has 33 heavy (non-hydrogen) atoms. The van der Waals surface area contributed by atoms with Crippen LogP contribution in [0.1, 0.15) is 21.5 Å². The highest BCUT2D eigenvalue weighted by Gasteiger charge is 2.35. The van der Waals surface area contributed by atoms with Crippen LogP contribution in [0.3, 0.4) is 0 Å². The quantitative estimate of drug-likeness (QED) is 0.327. The minimum absolute atomic E-state index is 0.137. The zero-order valence-electron chi connectivity index (χ0n) is 17.1. The Hall–Kier alpha value is -3.79. The van der Waals surface area contributed by atoms with Crippen molar-refractivity contribution in [2.24, 2.45) is 0 Å². The van der Waals surface area contributed by atoms with Crippen LogP contribution in [0.2, 0.25) is 0 Å². The van der Waals surface area contributed by atoms with Gasteiger partial charge in [-0.15, -0.1) is 11.3 Å². The van der Waals surface area contributed by atoms with E-state index in [2.05, 4.69) is 15.3 Å². The molecule has 0 saturated heterocycles. The van der Waals surface area contributed by atoms with Crippen LogP contribution in [0.4, 0.5) is 39.8 Å². The average molecular weight is 472 g/mol. The fourth-order valence-corrected chi connectivity index (χ4v) is 3.87. The van der Waals surface area contributed by atoms with E-state index in [1.807, 2.05) is 17.9 Å². The number of amides is 1. The second kappa shape index (κ2) is 8.99. The molecule has 0 saturated carbocycles. The number of hydrogen-bond acceptors (Lipinski definition) is 5. The maximum atomic E-state index is 14.4. The van der Waals surface area contributed by atoms with Gasteiger partial charge >= 0.3 is 6.18 Å². The zero-order chi connectivity index (χ0) is 23.6. The molecular formula is C23H16F4N4OS. The number of hydrogen-bond donors (Lipinski definition) is 1. The van der Waals surface area contributed by atoms with E-state index >= 15 is 0 Å². The second-order valence-electron chi connectivity index (χ2n) is 6.98. The van der Waals surface area contributed by atoms with Crippen LogP contribution in [0.5, 0.6) is 0 Å². The van der Waals surface area contributed by atoms with E-state index in [0.29, 0.717) is 22.6 Å². The molecule has 0 aliphatic carbocycles. The molecular weight excluding hydrogens is 456 g/mol. The molecule has 2 heterocycles. The van der Waals surface area contributed by atoms with Crippen LogP contribution in [0.15, 0.2) is 72.5 Å². The number of nitrogens with one attached hydrogen (secondary N) is 1. The summed E-state index contributed by atoms with van der Waals surface area (Å²) in [6.07, 6.45) is 0.0426. The van der Waals surface area contributed by atoms with E-state index in [-0.39, 0.29) is 5.56 Å². The predicted octanol–water partition coefficient (Wildman–Crippen LogP) is 6.73. The molecule has 0 bridgehead atoms. The standard InChI is InChI=1S/C23H16F4N4OS/c1-14-7-8-15(21(32)30-18-6-2-5-17(20(18)24)23(25,26)27)12-19(14)31(22-29-10-11-33-22)16-4-3-9-28-13-16/h2-13H,1H3,(H,30,32). The van der Waals surface area contributed by atoms with Gasteiger partial charge in [0.1, 0.15) is 0 Å².